The van der Waals surface area contributed by atoms with E-state index in [0.29, 0.717) is 30.2 Å². The number of anilines is 2. The maximum Gasteiger partial charge on any atom is 0.433 e. The topological polar surface area (TPSA) is 149 Å². The number of hydrogen-bond acceptors (Lipinski definition) is 9. The lowest BCUT2D eigenvalue weighted by molar-refractivity contribution is -0.141. The molecule has 3 atom stereocenters. The normalized spacial score (nSPS) is 23.1. The molecule has 57 heavy (non-hydrogen) atoms. The molecule has 17 heteroatoms. The molecule has 2 saturated heterocycles. The highest BCUT2D eigenvalue weighted by molar-refractivity contribution is 6.04. The van der Waals surface area contributed by atoms with Gasteiger partial charge in [0.15, 0.2) is 0 Å². The Morgan fingerprint density at radius 1 is 1.02 bits per heavy atom. The molecular formula is C40H44F3N9O5. The van der Waals surface area contributed by atoms with Crippen molar-refractivity contribution < 1.29 is 32.3 Å². The van der Waals surface area contributed by atoms with E-state index < -0.39 is 29.7 Å². The van der Waals surface area contributed by atoms with Gasteiger partial charge >= 0.3 is 11.9 Å². The van der Waals surface area contributed by atoms with E-state index in [-0.39, 0.29) is 48.3 Å². The number of imidazole rings is 1. The fraction of sp³-hybridized carbons (Fsp3) is 0.450. The second-order valence-electron chi connectivity index (χ2n) is 15.4. The van der Waals surface area contributed by atoms with E-state index in [4.69, 9.17) is 9.84 Å². The van der Waals surface area contributed by atoms with E-state index in [2.05, 4.69) is 32.5 Å². The third-order valence-corrected chi connectivity index (χ3v) is 11.8. The van der Waals surface area contributed by atoms with Crippen molar-refractivity contribution in [1.82, 2.24) is 34.1 Å². The van der Waals surface area contributed by atoms with Gasteiger partial charge in [0, 0.05) is 57.5 Å². The fourth-order valence-corrected chi connectivity index (χ4v) is 8.87. The van der Waals surface area contributed by atoms with E-state index >= 15 is 0 Å². The Morgan fingerprint density at radius 3 is 2.53 bits per heavy atom. The number of nitrogens with zero attached hydrogens (tertiary/aromatic N) is 7. The fourth-order valence-electron chi connectivity index (χ4n) is 8.87. The number of halogens is 3. The van der Waals surface area contributed by atoms with Gasteiger partial charge < -0.3 is 15.0 Å². The first kappa shape index (κ1) is 38.3. The minimum atomic E-state index is -4.65. The summed E-state index contributed by atoms with van der Waals surface area (Å²) in [5.74, 6) is -1.05. The number of rotatable bonds is 9. The van der Waals surface area contributed by atoms with Crippen molar-refractivity contribution in [2.24, 2.45) is 13.0 Å². The minimum Gasteiger partial charge on any atom is -0.378 e. The summed E-state index contributed by atoms with van der Waals surface area (Å²) in [7, 11) is 5.59. The van der Waals surface area contributed by atoms with E-state index in [1.54, 1.807) is 36.9 Å². The molecule has 0 spiro atoms. The zero-order chi connectivity index (χ0) is 40.2. The largest absolute Gasteiger partial charge is 0.433 e. The van der Waals surface area contributed by atoms with Crippen molar-refractivity contribution in [3.05, 3.63) is 82.7 Å². The first-order chi connectivity index (χ1) is 27.3. The predicted octanol–water partition coefficient (Wildman–Crippen LogP) is 4.90. The van der Waals surface area contributed by atoms with Crippen molar-refractivity contribution in [3.63, 3.8) is 0 Å². The maximum atomic E-state index is 13.5. The molecule has 300 valence electrons. The third-order valence-electron chi connectivity index (χ3n) is 11.8. The first-order valence-corrected chi connectivity index (χ1v) is 19.1. The molecule has 3 aromatic heterocycles. The van der Waals surface area contributed by atoms with E-state index in [9.17, 15) is 32.3 Å². The van der Waals surface area contributed by atoms with Crippen LogP contribution in [0.15, 0.2) is 65.6 Å². The average Bonchev–Trinajstić information content (AvgIpc) is 3.89. The molecular weight excluding hydrogens is 743 g/mol. The van der Waals surface area contributed by atoms with Gasteiger partial charge in [0.05, 0.1) is 40.4 Å². The molecule has 2 aliphatic heterocycles. The molecule has 0 bridgehead atoms. The van der Waals surface area contributed by atoms with Crippen LogP contribution in [0.3, 0.4) is 0 Å². The highest BCUT2D eigenvalue weighted by Gasteiger charge is 2.39. The van der Waals surface area contributed by atoms with Gasteiger partial charge in [-0.1, -0.05) is 12.1 Å². The SMILES string of the molecule is CO[C@@H]1CN(c2cccc3c2n(C)c(=O)n3C2CCC(=O)NC2=O)C[C@H]1N(C)CC1CCC(n2cc3cc(NC(=O)c4cccc(C(F)(F)F)n4)ccc3n2)CC1. The smallest absolute Gasteiger partial charge is 0.378 e. The van der Waals surface area contributed by atoms with Crippen LogP contribution in [0, 0.1) is 5.92 Å². The van der Waals surface area contributed by atoms with Gasteiger partial charge in [0.25, 0.3) is 5.91 Å². The second-order valence-corrected chi connectivity index (χ2v) is 15.4. The van der Waals surface area contributed by atoms with Crippen LogP contribution < -0.4 is 21.2 Å². The van der Waals surface area contributed by atoms with Crippen molar-refractivity contribution in [2.45, 2.75) is 68.9 Å². The molecule has 2 aromatic carbocycles. The number of methoxy groups -OCH3 is 1. The summed E-state index contributed by atoms with van der Waals surface area (Å²) < 4.78 is 50.4. The molecule has 1 saturated carbocycles. The molecule has 1 aliphatic carbocycles. The summed E-state index contributed by atoms with van der Waals surface area (Å²) in [5.41, 5.74) is 1.73. The van der Waals surface area contributed by atoms with Crippen molar-refractivity contribution in [1.29, 1.82) is 0 Å². The van der Waals surface area contributed by atoms with Crippen LogP contribution in [0.2, 0.25) is 0 Å². The second kappa shape index (κ2) is 15.1. The molecule has 3 amide bonds. The number of likely N-dealkylation sites (N-methyl/N-ethyl adjacent to an activating group) is 1. The zero-order valence-electron chi connectivity index (χ0n) is 31.8. The van der Waals surface area contributed by atoms with Gasteiger partial charge in [-0.3, -0.25) is 38.4 Å². The molecule has 14 nitrogen and oxygen atoms in total. The Hall–Kier alpha value is -5.55. The number of amides is 3. The lowest BCUT2D eigenvalue weighted by atomic mass is 9.85. The van der Waals surface area contributed by atoms with Crippen LogP contribution in [0.25, 0.3) is 21.9 Å². The van der Waals surface area contributed by atoms with E-state index in [1.165, 1.54) is 10.6 Å². The van der Waals surface area contributed by atoms with Crippen LogP contribution in [-0.2, 0) is 27.5 Å². The van der Waals surface area contributed by atoms with Gasteiger partial charge in [0.2, 0.25) is 11.8 Å². The number of hydrogen-bond donors (Lipinski definition) is 2. The lowest BCUT2D eigenvalue weighted by Crippen LogP contribution is -2.44. The molecule has 3 fully saturated rings. The minimum absolute atomic E-state index is 0.0664. The maximum absolute atomic E-state index is 13.5. The predicted molar refractivity (Wildman–Crippen MR) is 206 cm³/mol. The van der Waals surface area contributed by atoms with Gasteiger partial charge in [0.1, 0.15) is 17.4 Å². The quantitative estimate of drug-likeness (QED) is 0.199. The first-order valence-electron chi connectivity index (χ1n) is 19.1. The number of ether oxygens (including phenoxy) is 1. The van der Waals surface area contributed by atoms with Gasteiger partial charge in [-0.05, 0) is 87.5 Å². The molecule has 3 aliphatic rings. The number of piperidine rings is 1. The number of imide groups is 1. The number of alkyl halides is 3. The number of fused-ring (bicyclic) bond motifs is 2. The summed E-state index contributed by atoms with van der Waals surface area (Å²) >= 11 is 0. The summed E-state index contributed by atoms with van der Waals surface area (Å²) in [5, 5.41) is 10.6. The van der Waals surface area contributed by atoms with Crippen molar-refractivity contribution in [3.8, 4) is 0 Å². The summed E-state index contributed by atoms with van der Waals surface area (Å²) in [6.45, 7) is 2.22. The zero-order valence-corrected chi connectivity index (χ0v) is 31.8. The van der Waals surface area contributed by atoms with Crippen molar-refractivity contribution in [2.75, 3.05) is 44.0 Å². The average molecular weight is 788 g/mol. The molecule has 8 rings (SSSR count). The Morgan fingerprint density at radius 2 is 1.79 bits per heavy atom. The number of aryl methyl sites for hydroxylation is 1. The third kappa shape index (κ3) is 7.41. The number of carbonyl (C=O) groups is 3. The standard InChI is InChI=1S/C40H44F3N9O5/c1-48(32-21-50(22-33(32)57-3)29-7-5-8-30-36(29)49(2)39(56)52(30)31-16-17-35(53)46-38(31)55)19-23-10-13-26(14-11-23)51-20-24-18-25(12-15-27(24)47-51)44-37(54)28-6-4-9-34(45-28)40(41,42)43/h4-9,12,15,18,20,23,26,31-33H,10-11,13-14,16-17,19,21-22H2,1-3H3,(H,44,54)(H,46,53,55)/t23?,26?,31?,32-,33-/m1/s1. The van der Waals surface area contributed by atoms with E-state index in [1.807, 2.05) is 29.1 Å². The number of carbonyl (C=O) groups excluding carboxylic acids is 3. The lowest BCUT2D eigenvalue weighted by Gasteiger charge is -2.35. The molecule has 5 aromatic rings. The number of benzene rings is 2. The Balaban J connectivity index is 0.897. The van der Waals surface area contributed by atoms with Crippen LogP contribution in [0.4, 0.5) is 24.5 Å². The van der Waals surface area contributed by atoms with Crippen LogP contribution in [-0.4, -0.2) is 92.5 Å². The van der Waals surface area contributed by atoms with Crippen LogP contribution >= 0.6 is 0 Å². The number of nitrogens with one attached hydrogen (secondary N) is 2. The molecule has 0 radical (unpaired) electrons. The number of pyridine rings is 1. The highest BCUT2D eigenvalue weighted by atomic mass is 19.4. The number of para-hydroxylation sites is 1. The van der Waals surface area contributed by atoms with Gasteiger partial charge in [-0.2, -0.15) is 18.3 Å². The Labute approximate surface area is 325 Å². The Bertz CT molecular complexity index is 2410. The number of aromatic nitrogens is 5. The van der Waals surface area contributed by atoms with E-state index in [0.717, 1.165) is 66.5 Å². The van der Waals surface area contributed by atoms with Gasteiger partial charge in [-0.25, -0.2) is 9.78 Å². The van der Waals surface area contributed by atoms with Crippen LogP contribution in [0.1, 0.15) is 66.8 Å². The summed E-state index contributed by atoms with van der Waals surface area (Å²) in [6, 6.07) is 13.8. The molecule has 2 N–H and O–H groups in total. The monoisotopic (exact) mass is 787 g/mol. The summed E-state index contributed by atoms with van der Waals surface area (Å²) in [4.78, 5) is 59.0. The summed E-state index contributed by atoms with van der Waals surface area (Å²) in [6.07, 6.45) is 1.61. The molecule has 1 unspecified atom stereocenters. The van der Waals surface area contributed by atoms with Crippen molar-refractivity contribution >= 4 is 51.0 Å². The highest BCUT2D eigenvalue weighted by Crippen LogP contribution is 2.36. The van der Waals surface area contributed by atoms with Gasteiger partial charge in [-0.15, -0.1) is 0 Å². The van der Waals surface area contributed by atoms with Crippen LogP contribution in [0.5, 0.6) is 0 Å². The Kier molecular flexibility index (Phi) is 10.1. The molecule has 5 heterocycles.